The number of hydrogen-bond donors (Lipinski definition) is 3. The Morgan fingerprint density at radius 3 is 2.62 bits per heavy atom. The summed E-state index contributed by atoms with van der Waals surface area (Å²) < 4.78 is 11.5. The molecule has 2 N–H and O–H groups in total. The van der Waals surface area contributed by atoms with E-state index in [4.69, 9.17) is 9.47 Å². The first-order valence-corrected chi connectivity index (χ1v) is 11.7. The summed E-state index contributed by atoms with van der Waals surface area (Å²) in [5.74, 6) is -0.357. The van der Waals surface area contributed by atoms with Gasteiger partial charge in [0.2, 0.25) is 0 Å². The Morgan fingerprint density at radius 1 is 1.24 bits per heavy atom. The van der Waals surface area contributed by atoms with Crippen LogP contribution in [0, 0.1) is 3.57 Å². The molecule has 0 saturated carbocycles. The van der Waals surface area contributed by atoms with Crippen LogP contribution >= 0.6 is 47.0 Å². The van der Waals surface area contributed by atoms with E-state index < -0.39 is 18.2 Å². The van der Waals surface area contributed by atoms with Gasteiger partial charge in [-0.15, -0.1) is 11.8 Å². The highest BCUT2D eigenvalue weighted by atomic mass is 127. The lowest BCUT2D eigenvalue weighted by Crippen LogP contribution is -2.18. The number of anilines is 1. The van der Waals surface area contributed by atoms with Crippen molar-refractivity contribution in [3.8, 4) is 5.75 Å². The highest BCUT2D eigenvalue weighted by molar-refractivity contribution is 14.1. The summed E-state index contributed by atoms with van der Waals surface area (Å²) in [6, 6.07) is 12.5. The lowest BCUT2D eigenvalue weighted by atomic mass is 10.0. The van der Waals surface area contributed by atoms with Gasteiger partial charge < -0.3 is 14.6 Å². The number of ether oxygens (including phenoxy) is 2. The second kappa shape index (κ2) is 12.2. The van der Waals surface area contributed by atoms with Gasteiger partial charge in [0.25, 0.3) is 0 Å². The molecule has 2 aromatic rings. The van der Waals surface area contributed by atoms with Crippen molar-refractivity contribution in [2.45, 2.75) is 23.8 Å². The standard InChI is InChI=1S/C20H22INO5S2/c1-29-15-7-5-14(6-8-15)22-20(25)27-18(3-2-10-26-19(24)12-28)16-11-13(21)4-9-17(16)23/h4-9,11,18,23,28H,2-3,10,12H2,1H3,(H,22,25)/t18-/m1/s1. The van der Waals surface area contributed by atoms with E-state index in [9.17, 15) is 14.7 Å². The number of carbonyl (C=O) groups excluding carboxylic acids is 2. The number of esters is 1. The summed E-state index contributed by atoms with van der Waals surface area (Å²) in [7, 11) is 0. The molecule has 2 rings (SSSR count). The SMILES string of the molecule is CSc1ccc(NC(=O)O[C@H](CCCOC(=O)CS)c2cc(I)ccc2O)cc1. The summed E-state index contributed by atoms with van der Waals surface area (Å²) in [5.41, 5.74) is 1.12. The third-order valence-corrected chi connectivity index (χ3v) is 5.60. The molecule has 1 amide bonds. The number of nitrogens with one attached hydrogen (secondary N) is 1. The molecule has 0 saturated heterocycles. The Kier molecular flexibility index (Phi) is 9.95. The second-order valence-electron chi connectivity index (χ2n) is 5.97. The topological polar surface area (TPSA) is 84.9 Å². The van der Waals surface area contributed by atoms with E-state index in [2.05, 4.69) is 40.5 Å². The molecular formula is C20H22INO5S2. The average Bonchev–Trinajstić information content (AvgIpc) is 2.72. The van der Waals surface area contributed by atoms with Crippen molar-refractivity contribution in [3.63, 3.8) is 0 Å². The number of amides is 1. The van der Waals surface area contributed by atoms with Gasteiger partial charge in [-0.25, -0.2) is 4.79 Å². The summed E-state index contributed by atoms with van der Waals surface area (Å²) in [4.78, 5) is 24.7. The zero-order valence-electron chi connectivity index (χ0n) is 15.8. The Bertz CT molecular complexity index is 832. The van der Waals surface area contributed by atoms with Gasteiger partial charge in [-0.1, -0.05) is 0 Å². The lowest BCUT2D eigenvalue weighted by molar-refractivity contribution is -0.140. The van der Waals surface area contributed by atoms with Crippen LogP contribution in [0.3, 0.4) is 0 Å². The third-order valence-electron chi connectivity index (χ3n) is 3.92. The molecule has 0 aliphatic heterocycles. The highest BCUT2D eigenvalue weighted by Gasteiger charge is 2.21. The van der Waals surface area contributed by atoms with E-state index in [1.165, 1.54) is 0 Å². The Hall–Kier alpha value is -1.59. The zero-order valence-corrected chi connectivity index (χ0v) is 19.6. The van der Waals surface area contributed by atoms with Gasteiger partial charge in [0, 0.05) is 19.7 Å². The normalized spacial score (nSPS) is 11.6. The maximum Gasteiger partial charge on any atom is 0.412 e. The molecule has 29 heavy (non-hydrogen) atoms. The molecule has 0 unspecified atom stereocenters. The van der Waals surface area contributed by atoms with Crippen LogP contribution in [0.1, 0.15) is 24.5 Å². The molecule has 0 bridgehead atoms. The first kappa shape index (κ1) is 23.7. The van der Waals surface area contributed by atoms with Crippen molar-refractivity contribution in [2.75, 3.05) is 23.9 Å². The van der Waals surface area contributed by atoms with E-state index in [1.54, 1.807) is 42.1 Å². The first-order chi connectivity index (χ1) is 13.9. The maximum atomic E-state index is 12.4. The first-order valence-electron chi connectivity index (χ1n) is 8.79. The summed E-state index contributed by atoms with van der Waals surface area (Å²) >= 11 is 7.59. The molecular weight excluding hydrogens is 525 g/mol. The molecule has 0 fully saturated rings. The molecule has 156 valence electrons. The van der Waals surface area contributed by atoms with Crippen molar-refractivity contribution in [3.05, 3.63) is 51.6 Å². The Labute approximate surface area is 193 Å². The number of carbonyl (C=O) groups is 2. The van der Waals surface area contributed by atoms with Crippen molar-refractivity contribution in [2.24, 2.45) is 0 Å². The molecule has 0 heterocycles. The van der Waals surface area contributed by atoms with Gasteiger partial charge in [0.15, 0.2) is 0 Å². The fourth-order valence-electron chi connectivity index (χ4n) is 2.51. The van der Waals surface area contributed by atoms with E-state index in [-0.39, 0.29) is 18.1 Å². The zero-order chi connectivity index (χ0) is 21.2. The number of aromatic hydroxyl groups is 1. The molecule has 1 atom stereocenters. The van der Waals surface area contributed by atoms with Crippen LogP contribution < -0.4 is 5.32 Å². The van der Waals surface area contributed by atoms with Crippen LogP contribution in [-0.2, 0) is 14.3 Å². The van der Waals surface area contributed by atoms with Gasteiger partial charge in [-0.05, 0) is 84.2 Å². The number of halogens is 1. The Morgan fingerprint density at radius 2 is 1.97 bits per heavy atom. The van der Waals surface area contributed by atoms with Crippen LogP contribution in [0.5, 0.6) is 5.75 Å². The number of thioether (sulfide) groups is 1. The number of hydrogen-bond acceptors (Lipinski definition) is 7. The van der Waals surface area contributed by atoms with E-state index >= 15 is 0 Å². The monoisotopic (exact) mass is 547 g/mol. The van der Waals surface area contributed by atoms with E-state index in [1.807, 2.05) is 18.4 Å². The molecule has 0 radical (unpaired) electrons. The number of phenolic OH excluding ortho intramolecular Hbond substituents is 1. The number of rotatable bonds is 9. The van der Waals surface area contributed by atoms with Gasteiger partial charge in [0.1, 0.15) is 11.9 Å². The van der Waals surface area contributed by atoms with Crippen molar-refractivity contribution >= 4 is 64.7 Å². The fourth-order valence-corrected chi connectivity index (χ4v) is 3.53. The molecule has 0 spiro atoms. The minimum Gasteiger partial charge on any atom is -0.508 e. The van der Waals surface area contributed by atoms with Gasteiger partial charge in [0.05, 0.1) is 12.4 Å². The van der Waals surface area contributed by atoms with E-state index in [0.29, 0.717) is 24.1 Å². The predicted molar refractivity (Wildman–Crippen MR) is 126 cm³/mol. The molecule has 0 aromatic heterocycles. The number of benzene rings is 2. The number of thiol groups is 1. The van der Waals surface area contributed by atoms with Gasteiger partial charge in [-0.2, -0.15) is 12.6 Å². The fraction of sp³-hybridized carbons (Fsp3) is 0.300. The minimum absolute atomic E-state index is 0.00926. The van der Waals surface area contributed by atoms with Crippen LogP contribution in [0.4, 0.5) is 10.5 Å². The van der Waals surface area contributed by atoms with Crippen LogP contribution in [0.15, 0.2) is 47.4 Å². The largest absolute Gasteiger partial charge is 0.508 e. The second-order valence-corrected chi connectivity index (χ2v) is 8.41. The van der Waals surface area contributed by atoms with Crippen LogP contribution in [-0.4, -0.2) is 35.8 Å². The highest BCUT2D eigenvalue weighted by Crippen LogP contribution is 2.32. The van der Waals surface area contributed by atoms with E-state index in [0.717, 1.165) is 8.47 Å². The maximum absolute atomic E-state index is 12.4. The minimum atomic E-state index is -0.690. The summed E-state index contributed by atoms with van der Waals surface area (Å²) in [6.45, 7) is 0.182. The molecule has 9 heteroatoms. The van der Waals surface area contributed by atoms with Crippen LogP contribution in [0.2, 0.25) is 0 Å². The van der Waals surface area contributed by atoms with Gasteiger partial charge in [-0.3, -0.25) is 10.1 Å². The molecule has 6 nitrogen and oxygen atoms in total. The Balaban J connectivity index is 2.05. The predicted octanol–water partition coefficient (Wildman–Crippen LogP) is 5.26. The molecule has 2 aromatic carbocycles. The van der Waals surface area contributed by atoms with Crippen molar-refractivity contribution in [1.29, 1.82) is 0 Å². The summed E-state index contributed by atoms with van der Waals surface area (Å²) in [6.07, 6.45) is 1.50. The molecule has 0 aliphatic carbocycles. The third kappa shape index (κ3) is 7.98. The van der Waals surface area contributed by atoms with Gasteiger partial charge >= 0.3 is 12.1 Å². The quantitative estimate of drug-likeness (QED) is 0.131. The van der Waals surface area contributed by atoms with Crippen molar-refractivity contribution < 1.29 is 24.2 Å². The molecule has 0 aliphatic rings. The van der Waals surface area contributed by atoms with Crippen molar-refractivity contribution in [1.82, 2.24) is 0 Å². The smallest absolute Gasteiger partial charge is 0.412 e. The summed E-state index contributed by atoms with van der Waals surface area (Å²) in [5, 5.41) is 12.9. The van der Waals surface area contributed by atoms with Crippen LogP contribution in [0.25, 0.3) is 0 Å². The lowest BCUT2D eigenvalue weighted by Gasteiger charge is -2.20. The average molecular weight is 547 g/mol. The number of phenols is 1.